The predicted octanol–water partition coefficient (Wildman–Crippen LogP) is 3.04. The van der Waals surface area contributed by atoms with Gasteiger partial charge >= 0.3 is 0 Å². The standard InChI is InChI=1S/C12H14FN3S/c1-3-16-9(2)14-15-12(16)8-17-11-6-4-5-10(13)7-11/h4-7H,3,8H2,1-2H3. The van der Waals surface area contributed by atoms with Gasteiger partial charge in [-0.25, -0.2) is 4.39 Å². The summed E-state index contributed by atoms with van der Waals surface area (Å²) in [5, 5.41) is 8.17. The molecule has 1 heterocycles. The van der Waals surface area contributed by atoms with E-state index in [4.69, 9.17) is 0 Å². The highest BCUT2D eigenvalue weighted by Crippen LogP contribution is 2.22. The molecule has 0 radical (unpaired) electrons. The molecule has 0 aliphatic rings. The Morgan fingerprint density at radius 2 is 2.18 bits per heavy atom. The van der Waals surface area contributed by atoms with Crippen LogP contribution in [0.2, 0.25) is 0 Å². The van der Waals surface area contributed by atoms with E-state index >= 15 is 0 Å². The quantitative estimate of drug-likeness (QED) is 0.782. The molecule has 0 fully saturated rings. The zero-order chi connectivity index (χ0) is 12.3. The molecule has 0 saturated heterocycles. The van der Waals surface area contributed by atoms with Crippen LogP contribution in [0.3, 0.4) is 0 Å². The van der Waals surface area contributed by atoms with E-state index in [1.54, 1.807) is 17.8 Å². The lowest BCUT2D eigenvalue weighted by atomic mass is 10.4. The van der Waals surface area contributed by atoms with Crippen LogP contribution in [0.25, 0.3) is 0 Å². The van der Waals surface area contributed by atoms with Crippen LogP contribution in [0.4, 0.5) is 4.39 Å². The molecule has 2 rings (SSSR count). The Labute approximate surface area is 104 Å². The summed E-state index contributed by atoms with van der Waals surface area (Å²) < 4.78 is 15.1. The van der Waals surface area contributed by atoms with Gasteiger partial charge in [0.2, 0.25) is 0 Å². The van der Waals surface area contributed by atoms with Gasteiger partial charge < -0.3 is 4.57 Å². The second kappa shape index (κ2) is 5.31. The van der Waals surface area contributed by atoms with Gasteiger partial charge in [0, 0.05) is 11.4 Å². The molecule has 2 aromatic rings. The monoisotopic (exact) mass is 251 g/mol. The van der Waals surface area contributed by atoms with Gasteiger partial charge in [-0.1, -0.05) is 6.07 Å². The smallest absolute Gasteiger partial charge is 0.143 e. The van der Waals surface area contributed by atoms with Crippen LogP contribution in [-0.4, -0.2) is 14.8 Å². The first-order chi connectivity index (χ1) is 8.20. The number of benzene rings is 1. The minimum Gasteiger partial charge on any atom is -0.315 e. The van der Waals surface area contributed by atoms with Gasteiger partial charge in [0.05, 0.1) is 5.75 Å². The molecule has 0 aliphatic carbocycles. The number of thioether (sulfide) groups is 1. The van der Waals surface area contributed by atoms with Crippen LogP contribution in [0, 0.1) is 12.7 Å². The van der Waals surface area contributed by atoms with Gasteiger partial charge in [-0.15, -0.1) is 22.0 Å². The molecule has 0 bridgehead atoms. The molecule has 0 unspecified atom stereocenters. The lowest BCUT2D eigenvalue weighted by molar-refractivity contribution is 0.624. The molecule has 0 saturated carbocycles. The van der Waals surface area contributed by atoms with Crippen molar-refractivity contribution in [1.29, 1.82) is 0 Å². The van der Waals surface area contributed by atoms with Crippen LogP contribution < -0.4 is 0 Å². The third-order valence-corrected chi connectivity index (χ3v) is 3.48. The van der Waals surface area contributed by atoms with Crippen molar-refractivity contribution in [3.8, 4) is 0 Å². The van der Waals surface area contributed by atoms with E-state index in [0.29, 0.717) is 5.75 Å². The van der Waals surface area contributed by atoms with E-state index < -0.39 is 0 Å². The third kappa shape index (κ3) is 2.85. The number of halogens is 1. The molecule has 0 atom stereocenters. The summed E-state index contributed by atoms with van der Waals surface area (Å²) in [4.78, 5) is 0.910. The van der Waals surface area contributed by atoms with Crippen molar-refractivity contribution in [2.75, 3.05) is 0 Å². The third-order valence-electron chi connectivity index (χ3n) is 2.49. The van der Waals surface area contributed by atoms with Crippen LogP contribution in [-0.2, 0) is 12.3 Å². The van der Waals surface area contributed by atoms with Crippen LogP contribution in [0.1, 0.15) is 18.6 Å². The summed E-state index contributed by atoms with van der Waals surface area (Å²) in [5.74, 6) is 2.35. The summed E-state index contributed by atoms with van der Waals surface area (Å²) in [6, 6.07) is 6.59. The minimum atomic E-state index is -0.205. The maximum Gasteiger partial charge on any atom is 0.143 e. The number of aromatic nitrogens is 3. The molecule has 90 valence electrons. The molecule has 5 heteroatoms. The first-order valence-electron chi connectivity index (χ1n) is 5.47. The molecule has 1 aromatic carbocycles. The highest BCUT2D eigenvalue weighted by molar-refractivity contribution is 7.98. The van der Waals surface area contributed by atoms with Crippen molar-refractivity contribution in [3.05, 3.63) is 41.7 Å². The summed E-state index contributed by atoms with van der Waals surface area (Å²) in [5.41, 5.74) is 0. The molecular weight excluding hydrogens is 237 g/mol. The van der Waals surface area contributed by atoms with Gasteiger partial charge in [-0.2, -0.15) is 0 Å². The lowest BCUT2D eigenvalue weighted by Gasteiger charge is -2.05. The molecule has 0 amide bonds. The Hall–Kier alpha value is -1.36. The van der Waals surface area contributed by atoms with E-state index in [0.717, 1.165) is 23.1 Å². The highest BCUT2D eigenvalue weighted by Gasteiger charge is 2.07. The number of hydrogen-bond donors (Lipinski definition) is 0. The average molecular weight is 251 g/mol. The molecular formula is C12H14FN3S. The Bertz CT molecular complexity index is 510. The zero-order valence-corrected chi connectivity index (χ0v) is 10.7. The van der Waals surface area contributed by atoms with E-state index in [2.05, 4.69) is 21.7 Å². The van der Waals surface area contributed by atoms with E-state index in [1.165, 1.54) is 12.1 Å². The van der Waals surface area contributed by atoms with Crippen molar-refractivity contribution in [2.24, 2.45) is 0 Å². The molecule has 1 aromatic heterocycles. The van der Waals surface area contributed by atoms with Crippen molar-refractivity contribution < 1.29 is 4.39 Å². The Balaban J connectivity index is 2.07. The van der Waals surface area contributed by atoms with Gasteiger partial charge in [-0.05, 0) is 32.0 Å². The van der Waals surface area contributed by atoms with Crippen molar-refractivity contribution in [3.63, 3.8) is 0 Å². The fourth-order valence-electron chi connectivity index (χ4n) is 1.65. The number of nitrogens with zero attached hydrogens (tertiary/aromatic N) is 3. The molecule has 17 heavy (non-hydrogen) atoms. The lowest BCUT2D eigenvalue weighted by Crippen LogP contribution is -2.02. The molecule has 0 spiro atoms. The van der Waals surface area contributed by atoms with Gasteiger partial charge in [-0.3, -0.25) is 0 Å². The predicted molar refractivity (Wildman–Crippen MR) is 66.4 cm³/mol. The number of rotatable bonds is 4. The van der Waals surface area contributed by atoms with Crippen molar-refractivity contribution in [2.45, 2.75) is 31.0 Å². The fraction of sp³-hybridized carbons (Fsp3) is 0.333. The maximum atomic E-state index is 13.0. The Morgan fingerprint density at radius 1 is 1.35 bits per heavy atom. The van der Waals surface area contributed by atoms with E-state index in [1.807, 2.05) is 13.0 Å². The van der Waals surface area contributed by atoms with E-state index in [-0.39, 0.29) is 5.82 Å². The van der Waals surface area contributed by atoms with Crippen LogP contribution in [0.5, 0.6) is 0 Å². The van der Waals surface area contributed by atoms with Gasteiger partial charge in [0.25, 0.3) is 0 Å². The van der Waals surface area contributed by atoms with Crippen molar-refractivity contribution in [1.82, 2.24) is 14.8 Å². The van der Waals surface area contributed by atoms with Gasteiger partial charge in [0.15, 0.2) is 0 Å². The highest BCUT2D eigenvalue weighted by atomic mass is 32.2. The van der Waals surface area contributed by atoms with Crippen molar-refractivity contribution >= 4 is 11.8 Å². The maximum absolute atomic E-state index is 13.0. The number of hydrogen-bond acceptors (Lipinski definition) is 3. The first-order valence-corrected chi connectivity index (χ1v) is 6.46. The van der Waals surface area contributed by atoms with Gasteiger partial charge in [0.1, 0.15) is 17.5 Å². The van der Waals surface area contributed by atoms with E-state index in [9.17, 15) is 4.39 Å². The van der Waals surface area contributed by atoms with Crippen LogP contribution >= 0.6 is 11.8 Å². The normalized spacial score (nSPS) is 10.8. The largest absolute Gasteiger partial charge is 0.315 e. The molecule has 0 N–H and O–H groups in total. The van der Waals surface area contributed by atoms with Crippen LogP contribution in [0.15, 0.2) is 29.2 Å². The molecule has 3 nitrogen and oxygen atoms in total. The fourth-order valence-corrected chi connectivity index (χ4v) is 2.53. The summed E-state index contributed by atoms with van der Waals surface area (Å²) in [7, 11) is 0. The average Bonchev–Trinajstić information content (AvgIpc) is 2.67. The topological polar surface area (TPSA) is 30.7 Å². The Kier molecular flexibility index (Phi) is 3.78. The second-order valence-electron chi connectivity index (χ2n) is 3.65. The SMILES string of the molecule is CCn1c(C)nnc1CSc1cccc(F)c1. The summed E-state index contributed by atoms with van der Waals surface area (Å²) in [6.45, 7) is 4.86. The zero-order valence-electron chi connectivity index (χ0n) is 9.85. The summed E-state index contributed by atoms with van der Waals surface area (Å²) >= 11 is 1.57. The molecule has 0 aliphatic heterocycles. The second-order valence-corrected chi connectivity index (χ2v) is 4.70. The summed E-state index contributed by atoms with van der Waals surface area (Å²) in [6.07, 6.45) is 0. The first kappa shape index (κ1) is 12.1. The number of aryl methyl sites for hydroxylation is 1. The minimum absolute atomic E-state index is 0.205. The Morgan fingerprint density at radius 3 is 2.88 bits per heavy atom.